The number of rotatable bonds is 4. The molecule has 2 heterocycles. The van der Waals surface area contributed by atoms with Crippen molar-refractivity contribution in [2.75, 3.05) is 23.8 Å². The molecule has 1 fully saturated rings. The lowest BCUT2D eigenvalue weighted by Gasteiger charge is -2.25. The third kappa shape index (κ3) is 4.56. The second kappa shape index (κ2) is 6.26. The maximum Gasteiger partial charge on any atom is 0.254 e. The van der Waals surface area contributed by atoms with Crippen molar-refractivity contribution in [3.05, 3.63) is 11.8 Å². The van der Waals surface area contributed by atoms with Gasteiger partial charge in [0.2, 0.25) is 5.95 Å². The van der Waals surface area contributed by atoms with Gasteiger partial charge in [0, 0.05) is 18.3 Å². The van der Waals surface area contributed by atoms with E-state index in [1.54, 1.807) is 0 Å². The molecule has 4 N–H and O–H groups in total. The standard InChI is InChI=1S/C14H23N5O2/c1-14(2,3)19-13-16-7-10(11(15)20)12(18-13)17-9-5-4-6-21-8-9/h7,9H,4-6,8H2,1-3H3,(H2,15,20)(H2,16,17,18,19)/t9-/m1/s1. The van der Waals surface area contributed by atoms with Gasteiger partial charge in [-0.3, -0.25) is 4.79 Å². The molecule has 0 bridgehead atoms. The van der Waals surface area contributed by atoms with Gasteiger partial charge >= 0.3 is 0 Å². The average Bonchev–Trinajstić information content (AvgIpc) is 2.37. The molecule has 1 atom stereocenters. The van der Waals surface area contributed by atoms with E-state index in [1.807, 2.05) is 20.8 Å². The lowest BCUT2D eigenvalue weighted by atomic mass is 10.1. The third-order valence-corrected chi connectivity index (χ3v) is 3.04. The fraction of sp³-hybridized carbons (Fsp3) is 0.643. The quantitative estimate of drug-likeness (QED) is 0.775. The van der Waals surface area contributed by atoms with Crippen molar-refractivity contribution >= 4 is 17.7 Å². The second-order valence-electron chi connectivity index (χ2n) is 6.25. The summed E-state index contributed by atoms with van der Waals surface area (Å²) in [6, 6.07) is 0.134. The molecule has 21 heavy (non-hydrogen) atoms. The summed E-state index contributed by atoms with van der Waals surface area (Å²) in [5.41, 5.74) is 5.51. The van der Waals surface area contributed by atoms with E-state index in [0.29, 0.717) is 23.9 Å². The average molecular weight is 293 g/mol. The van der Waals surface area contributed by atoms with Gasteiger partial charge in [0.25, 0.3) is 5.91 Å². The number of nitrogens with two attached hydrogens (primary N) is 1. The van der Waals surface area contributed by atoms with Gasteiger partial charge in [-0.05, 0) is 33.6 Å². The van der Waals surface area contributed by atoms with Crippen LogP contribution >= 0.6 is 0 Å². The fourth-order valence-electron chi connectivity index (χ4n) is 2.12. The zero-order chi connectivity index (χ0) is 15.5. The first kappa shape index (κ1) is 15.5. The van der Waals surface area contributed by atoms with E-state index in [0.717, 1.165) is 19.4 Å². The molecule has 1 aromatic heterocycles. The zero-order valence-corrected chi connectivity index (χ0v) is 12.8. The van der Waals surface area contributed by atoms with E-state index < -0.39 is 5.91 Å². The number of carbonyl (C=O) groups excluding carboxylic acids is 1. The molecule has 0 spiro atoms. The van der Waals surface area contributed by atoms with Crippen LogP contribution in [0.4, 0.5) is 11.8 Å². The summed E-state index contributed by atoms with van der Waals surface area (Å²) in [5.74, 6) is 0.378. The molecule has 7 heteroatoms. The van der Waals surface area contributed by atoms with E-state index in [1.165, 1.54) is 6.20 Å². The van der Waals surface area contributed by atoms with Crippen LogP contribution in [0.5, 0.6) is 0 Å². The zero-order valence-electron chi connectivity index (χ0n) is 12.8. The molecule has 1 aliphatic rings. The van der Waals surface area contributed by atoms with Crippen LogP contribution in [-0.4, -0.2) is 40.7 Å². The molecule has 7 nitrogen and oxygen atoms in total. The molecule has 0 aliphatic carbocycles. The largest absolute Gasteiger partial charge is 0.379 e. The Balaban J connectivity index is 2.21. The van der Waals surface area contributed by atoms with Crippen LogP contribution in [0.15, 0.2) is 6.20 Å². The van der Waals surface area contributed by atoms with Gasteiger partial charge in [0.1, 0.15) is 5.82 Å². The minimum absolute atomic E-state index is 0.134. The van der Waals surface area contributed by atoms with E-state index in [9.17, 15) is 4.79 Å². The molecule has 116 valence electrons. The first-order chi connectivity index (χ1) is 9.85. The summed E-state index contributed by atoms with van der Waals surface area (Å²) >= 11 is 0. The van der Waals surface area contributed by atoms with E-state index in [4.69, 9.17) is 10.5 Å². The summed E-state index contributed by atoms with van der Waals surface area (Å²) in [5, 5.41) is 6.42. The predicted molar refractivity (Wildman–Crippen MR) is 81.4 cm³/mol. The molecule has 1 saturated heterocycles. The van der Waals surface area contributed by atoms with Gasteiger partial charge in [-0.1, -0.05) is 0 Å². The van der Waals surface area contributed by atoms with E-state index in [2.05, 4.69) is 20.6 Å². The van der Waals surface area contributed by atoms with E-state index >= 15 is 0 Å². The maximum absolute atomic E-state index is 11.5. The summed E-state index contributed by atoms with van der Waals surface area (Å²) in [6.07, 6.45) is 3.42. The number of anilines is 2. The Morgan fingerprint density at radius 1 is 1.48 bits per heavy atom. The van der Waals surface area contributed by atoms with E-state index in [-0.39, 0.29) is 11.6 Å². The molecule has 1 amide bonds. The number of amides is 1. The molecule has 0 aromatic carbocycles. The van der Waals surface area contributed by atoms with Crippen LogP contribution in [0.2, 0.25) is 0 Å². The van der Waals surface area contributed by atoms with Gasteiger partial charge in [0.15, 0.2) is 0 Å². The Bertz CT molecular complexity index is 507. The Hall–Kier alpha value is -1.89. The molecule has 0 unspecified atom stereocenters. The SMILES string of the molecule is CC(C)(C)Nc1ncc(C(N)=O)c(N[C@@H]2CCCOC2)n1. The number of primary amides is 1. The number of carbonyl (C=O) groups is 1. The van der Waals surface area contributed by atoms with Crippen molar-refractivity contribution in [2.45, 2.75) is 45.2 Å². The minimum atomic E-state index is -0.545. The van der Waals surface area contributed by atoms with Crippen molar-refractivity contribution in [3.63, 3.8) is 0 Å². The van der Waals surface area contributed by atoms with Gasteiger partial charge in [-0.15, -0.1) is 0 Å². The smallest absolute Gasteiger partial charge is 0.254 e. The summed E-state index contributed by atoms with van der Waals surface area (Å²) < 4.78 is 5.43. The Morgan fingerprint density at radius 3 is 2.81 bits per heavy atom. The number of hydrogen-bond donors (Lipinski definition) is 3. The molecular formula is C14H23N5O2. The molecule has 2 rings (SSSR count). The van der Waals surface area contributed by atoms with Crippen molar-refractivity contribution < 1.29 is 9.53 Å². The first-order valence-corrected chi connectivity index (χ1v) is 7.14. The van der Waals surface area contributed by atoms with Gasteiger partial charge in [-0.25, -0.2) is 4.98 Å². The van der Waals surface area contributed by atoms with Crippen molar-refractivity contribution in [1.82, 2.24) is 9.97 Å². The van der Waals surface area contributed by atoms with Crippen LogP contribution in [0.25, 0.3) is 0 Å². The van der Waals surface area contributed by atoms with Crippen LogP contribution in [0.1, 0.15) is 44.0 Å². The van der Waals surface area contributed by atoms with Crippen molar-refractivity contribution in [2.24, 2.45) is 5.73 Å². The summed E-state index contributed by atoms with van der Waals surface area (Å²) in [6.45, 7) is 7.42. The Kier molecular flexibility index (Phi) is 4.62. The second-order valence-corrected chi connectivity index (χ2v) is 6.25. The highest BCUT2D eigenvalue weighted by atomic mass is 16.5. The van der Waals surface area contributed by atoms with Crippen molar-refractivity contribution in [1.29, 1.82) is 0 Å². The highest BCUT2D eigenvalue weighted by Crippen LogP contribution is 2.19. The molecule has 1 aliphatic heterocycles. The number of ether oxygens (including phenoxy) is 1. The van der Waals surface area contributed by atoms with Crippen LogP contribution in [0, 0.1) is 0 Å². The fourth-order valence-corrected chi connectivity index (χ4v) is 2.12. The highest BCUT2D eigenvalue weighted by molar-refractivity contribution is 5.97. The van der Waals surface area contributed by atoms with Crippen LogP contribution in [0.3, 0.4) is 0 Å². The maximum atomic E-state index is 11.5. The lowest BCUT2D eigenvalue weighted by Crippen LogP contribution is -2.32. The van der Waals surface area contributed by atoms with Gasteiger partial charge < -0.3 is 21.1 Å². The predicted octanol–water partition coefficient (Wildman–Crippen LogP) is 1.38. The molecular weight excluding hydrogens is 270 g/mol. The molecule has 1 aromatic rings. The molecule has 0 radical (unpaired) electrons. The highest BCUT2D eigenvalue weighted by Gasteiger charge is 2.20. The minimum Gasteiger partial charge on any atom is -0.379 e. The normalized spacial score (nSPS) is 19.1. The summed E-state index contributed by atoms with van der Waals surface area (Å²) in [7, 11) is 0. The topological polar surface area (TPSA) is 102 Å². The summed E-state index contributed by atoms with van der Waals surface area (Å²) in [4.78, 5) is 20.0. The van der Waals surface area contributed by atoms with Crippen LogP contribution < -0.4 is 16.4 Å². The monoisotopic (exact) mass is 293 g/mol. The lowest BCUT2D eigenvalue weighted by molar-refractivity contribution is 0.0873. The number of nitrogens with zero attached hydrogens (tertiary/aromatic N) is 2. The number of aromatic nitrogens is 2. The Labute approximate surface area is 124 Å². The van der Waals surface area contributed by atoms with Gasteiger partial charge in [-0.2, -0.15) is 4.98 Å². The first-order valence-electron chi connectivity index (χ1n) is 7.14. The van der Waals surface area contributed by atoms with Gasteiger partial charge in [0.05, 0.1) is 18.2 Å². The molecule has 0 saturated carbocycles. The number of nitrogens with one attached hydrogen (secondary N) is 2. The number of hydrogen-bond acceptors (Lipinski definition) is 6. The van der Waals surface area contributed by atoms with Crippen LogP contribution in [-0.2, 0) is 4.74 Å². The third-order valence-electron chi connectivity index (χ3n) is 3.04. The van der Waals surface area contributed by atoms with Crippen molar-refractivity contribution in [3.8, 4) is 0 Å². The Morgan fingerprint density at radius 2 is 2.24 bits per heavy atom.